The van der Waals surface area contributed by atoms with Gasteiger partial charge in [-0.15, -0.1) is 6.58 Å². The van der Waals surface area contributed by atoms with E-state index in [4.69, 9.17) is 0 Å². The molecule has 0 aromatic rings. The highest BCUT2D eigenvalue weighted by Crippen LogP contribution is 2.37. The van der Waals surface area contributed by atoms with Gasteiger partial charge < -0.3 is 19.3 Å². The van der Waals surface area contributed by atoms with E-state index in [0.717, 1.165) is 6.08 Å². The molecule has 0 saturated heterocycles. The maximum Gasteiger partial charge on any atom is 0.466 e. The van der Waals surface area contributed by atoms with Crippen LogP contribution in [0, 0.1) is 0 Å². The summed E-state index contributed by atoms with van der Waals surface area (Å²) in [6.45, 7) is 2.49. The second kappa shape index (κ2) is 7.88. The molecule has 0 bridgehead atoms. The van der Waals surface area contributed by atoms with Crippen LogP contribution in [0.2, 0.25) is 0 Å². The van der Waals surface area contributed by atoms with Crippen LogP contribution in [-0.2, 0) is 29.2 Å². The van der Waals surface area contributed by atoms with Crippen LogP contribution in [0.4, 0.5) is 22.0 Å². The molecule has 1 amide bonds. The molecule has 25 heavy (non-hydrogen) atoms. The minimum absolute atomic E-state index is 0.160. The molecule has 144 valence electrons. The lowest BCUT2D eigenvalue weighted by atomic mass is 10.2. The van der Waals surface area contributed by atoms with Gasteiger partial charge in [0.05, 0.1) is 0 Å². The molecule has 0 aliphatic rings. The number of esters is 1. The Bertz CT molecular complexity index is 646. The van der Waals surface area contributed by atoms with E-state index in [9.17, 15) is 44.5 Å². The van der Waals surface area contributed by atoms with E-state index in [1.165, 1.54) is 5.32 Å². The quantitative estimate of drug-likeness (QED) is 0.150. The summed E-state index contributed by atoms with van der Waals surface area (Å²) in [5, 5.41) is -3.85. The molecule has 0 aliphatic carbocycles. The molecule has 0 spiro atoms. The molecule has 1 N–H and O–H groups in total. The molecular weight excluding hydrogens is 385 g/mol. The van der Waals surface area contributed by atoms with Crippen LogP contribution in [-0.4, -0.2) is 55.2 Å². The number of hydrogen-bond acceptors (Lipinski definition) is 7. The van der Waals surface area contributed by atoms with Crippen molar-refractivity contribution in [1.82, 2.24) is 5.32 Å². The highest BCUT2D eigenvalue weighted by Gasteiger charge is 2.67. The van der Waals surface area contributed by atoms with Crippen molar-refractivity contribution in [1.29, 1.82) is 0 Å². The fourth-order valence-corrected chi connectivity index (χ4v) is 1.34. The maximum atomic E-state index is 13.2. The number of carbonyl (C=O) groups is 2. The lowest BCUT2D eigenvalue weighted by Gasteiger charge is -2.34. The van der Waals surface area contributed by atoms with E-state index < -0.39 is 52.4 Å². The molecule has 0 rings (SSSR count). The molecule has 0 radical (unpaired) electrons. The van der Waals surface area contributed by atoms with Crippen molar-refractivity contribution in [3.05, 3.63) is 25.3 Å². The summed E-state index contributed by atoms with van der Waals surface area (Å²) in [5.74, 6) is -8.83. The van der Waals surface area contributed by atoms with Crippen LogP contribution in [0.1, 0.15) is 0 Å². The van der Waals surface area contributed by atoms with Gasteiger partial charge in [-0.05, 0) is 0 Å². The second-order valence-electron chi connectivity index (χ2n) is 4.12. The van der Waals surface area contributed by atoms with E-state index in [2.05, 4.69) is 22.6 Å². The summed E-state index contributed by atoms with van der Waals surface area (Å²) in [7, 11) is -6.43. The Balaban J connectivity index is 6.00. The average molecular weight is 396 g/mol. The van der Waals surface area contributed by atoms with E-state index in [0.29, 0.717) is 0 Å². The summed E-state index contributed by atoms with van der Waals surface area (Å²) in [5.41, 5.74) is 0. The first-order chi connectivity index (χ1) is 11.1. The van der Waals surface area contributed by atoms with Crippen molar-refractivity contribution in [3.8, 4) is 0 Å². The molecule has 0 aromatic carbocycles. The van der Waals surface area contributed by atoms with Crippen LogP contribution in [0.5, 0.6) is 0 Å². The summed E-state index contributed by atoms with van der Waals surface area (Å²) >= 11 is 0. The first kappa shape index (κ1) is 22.9. The van der Waals surface area contributed by atoms with Gasteiger partial charge in [0.1, 0.15) is 6.61 Å². The molecule has 0 aromatic heterocycles. The minimum atomic E-state index is -6.43. The standard InChI is InChI=1S/C11H12F5NO7S/c1-3-5-17-8(19)10(11(14,15)16,24-7(18)4-2)23-6-9(12,13)25(20,21)22/h3-4H,1-2,5-6H2,(H,17,19)(H,20,21,22)/p-1. The van der Waals surface area contributed by atoms with Crippen LogP contribution in [0.25, 0.3) is 0 Å². The van der Waals surface area contributed by atoms with Crippen LogP contribution < -0.4 is 5.32 Å². The van der Waals surface area contributed by atoms with Crippen molar-refractivity contribution >= 4 is 22.0 Å². The molecular formula is C11H11F5NO7S-. The molecule has 0 aliphatic heterocycles. The summed E-state index contributed by atoms with van der Waals surface area (Å²) < 4.78 is 104. The highest BCUT2D eigenvalue weighted by atomic mass is 32.2. The first-order valence-corrected chi connectivity index (χ1v) is 7.34. The van der Waals surface area contributed by atoms with Gasteiger partial charge in [-0.25, -0.2) is 13.2 Å². The second-order valence-corrected chi connectivity index (χ2v) is 5.62. The fraction of sp³-hybridized carbons (Fsp3) is 0.455. The van der Waals surface area contributed by atoms with Gasteiger partial charge in [-0.2, -0.15) is 22.0 Å². The van der Waals surface area contributed by atoms with Crippen molar-refractivity contribution in [3.63, 3.8) is 0 Å². The zero-order chi connectivity index (χ0) is 20.1. The monoisotopic (exact) mass is 396 g/mol. The zero-order valence-corrected chi connectivity index (χ0v) is 13.0. The lowest BCUT2D eigenvalue weighted by molar-refractivity contribution is -0.352. The Labute approximate surface area is 138 Å². The zero-order valence-electron chi connectivity index (χ0n) is 12.1. The number of ether oxygens (including phenoxy) is 2. The summed E-state index contributed by atoms with van der Waals surface area (Å²) in [4.78, 5) is 22.8. The van der Waals surface area contributed by atoms with Gasteiger partial charge in [0.15, 0.2) is 10.1 Å². The van der Waals surface area contributed by atoms with Gasteiger partial charge >= 0.3 is 29.1 Å². The predicted octanol–water partition coefficient (Wildman–Crippen LogP) is 0.431. The van der Waals surface area contributed by atoms with Gasteiger partial charge in [0, 0.05) is 12.6 Å². The number of hydrogen-bond donors (Lipinski definition) is 1. The Morgan fingerprint density at radius 2 is 1.68 bits per heavy atom. The highest BCUT2D eigenvalue weighted by molar-refractivity contribution is 7.86. The molecule has 8 nitrogen and oxygen atoms in total. The number of halogens is 5. The SMILES string of the molecule is C=CCNC(=O)C(OCC(F)(F)S(=O)(=O)[O-])(OC(=O)C=C)C(F)(F)F. The molecule has 0 saturated carbocycles. The Morgan fingerprint density at radius 3 is 2.04 bits per heavy atom. The Kier molecular flexibility index (Phi) is 7.23. The van der Waals surface area contributed by atoms with Gasteiger partial charge in [0.2, 0.25) is 0 Å². The molecule has 0 fully saturated rings. The van der Waals surface area contributed by atoms with E-state index >= 15 is 0 Å². The topological polar surface area (TPSA) is 122 Å². The van der Waals surface area contributed by atoms with Crippen molar-refractivity contribution in [2.24, 2.45) is 0 Å². The van der Waals surface area contributed by atoms with E-state index in [1.54, 1.807) is 0 Å². The number of nitrogens with one attached hydrogen (secondary N) is 1. The van der Waals surface area contributed by atoms with E-state index in [-0.39, 0.29) is 6.08 Å². The minimum Gasteiger partial charge on any atom is -0.743 e. The third-order valence-corrected chi connectivity index (χ3v) is 3.15. The van der Waals surface area contributed by atoms with Gasteiger partial charge in [-0.3, -0.25) is 4.79 Å². The summed E-state index contributed by atoms with van der Waals surface area (Å²) in [6.07, 6.45) is -4.88. The number of alkyl halides is 5. The van der Waals surface area contributed by atoms with Crippen molar-refractivity contribution < 1.29 is 54.0 Å². The number of rotatable bonds is 9. The maximum absolute atomic E-state index is 13.2. The largest absolute Gasteiger partial charge is 0.743 e. The van der Waals surface area contributed by atoms with Crippen molar-refractivity contribution in [2.45, 2.75) is 17.2 Å². The third kappa shape index (κ3) is 5.47. The normalized spacial score (nSPS) is 15.0. The lowest BCUT2D eigenvalue weighted by Crippen LogP contribution is -2.62. The van der Waals surface area contributed by atoms with E-state index in [1.807, 2.05) is 0 Å². The van der Waals surface area contributed by atoms with Crippen LogP contribution >= 0.6 is 0 Å². The number of amides is 1. The number of carbonyl (C=O) groups excluding carboxylic acids is 2. The molecule has 0 heterocycles. The molecule has 14 heteroatoms. The van der Waals surface area contributed by atoms with Crippen LogP contribution in [0.3, 0.4) is 0 Å². The molecule has 1 unspecified atom stereocenters. The summed E-state index contributed by atoms with van der Waals surface area (Å²) in [6, 6.07) is 0. The fourth-order valence-electron chi connectivity index (χ4n) is 1.13. The molecule has 1 atom stereocenters. The van der Waals surface area contributed by atoms with Gasteiger partial charge in [-0.1, -0.05) is 12.7 Å². The third-order valence-electron chi connectivity index (χ3n) is 2.30. The van der Waals surface area contributed by atoms with Crippen LogP contribution in [0.15, 0.2) is 25.3 Å². The first-order valence-electron chi connectivity index (χ1n) is 5.93. The predicted molar refractivity (Wildman–Crippen MR) is 68.9 cm³/mol. The van der Waals surface area contributed by atoms with Gasteiger partial charge in [0.25, 0.3) is 0 Å². The Morgan fingerprint density at radius 1 is 1.16 bits per heavy atom. The Hall–Kier alpha value is -2.06. The van der Waals surface area contributed by atoms with Crippen molar-refractivity contribution in [2.75, 3.05) is 13.2 Å². The smallest absolute Gasteiger partial charge is 0.466 e. The average Bonchev–Trinajstić information content (AvgIpc) is 2.46.